The first kappa shape index (κ1) is 15.2. The fraction of sp³-hybridized carbons (Fsp3) is 0.0667. The van der Waals surface area contributed by atoms with Gasteiger partial charge in [0.25, 0.3) is 11.6 Å². The van der Waals surface area contributed by atoms with Gasteiger partial charge >= 0.3 is 0 Å². The van der Waals surface area contributed by atoms with Crippen molar-refractivity contribution in [2.75, 3.05) is 7.11 Å². The molecule has 1 amide bonds. The molecular formula is C15H13N3O4. The molecule has 0 saturated carbocycles. The van der Waals surface area contributed by atoms with Crippen LogP contribution in [0.1, 0.15) is 15.9 Å². The SMILES string of the molecule is COc1ccccc1C(=O)N/N=C/c1cccc([N+](=O)[O-])c1. The van der Waals surface area contributed by atoms with Crippen LogP contribution >= 0.6 is 0 Å². The molecule has 1 N–H and O–H groups in total. The van der Waals surface area contributed by atoms with Gasteiger partial charge in [-0.3, -0.25) is 14.9 Å². The van der Waals surface area contributed by atoms with Crippen molar-refractivity contribution in [1.29, 1.82) is 0 Å². The van der Waals surface area contributed by atoms with E-state index < -0.39 is 10.8 Å². The molecule has 0 aliphatic heterocycles. The van der Waals surface area contributed by atoms with Crippen molar-refractivity contribution in [3.8, 4) is 5.75 Å². The van der Waals surface area contributed by atoms with E-state index in [2.05, 4.69) is 10.5 Å². The maximum Gasteiger partial charge on any atom is 0.275 e. The number of ether oxygens (including phenoxy) is 1. The maximum atomic E-state index is 12.0. The van der Waals surface area contributed by atoms with E-state index in [-0.39, 0.29) is 5.69 Å². The van der Waals surface area contributed by atoms with Gasteiger partial charge < -0.3 is 4.74 Å². The quantitative estimate of drug-likeness (QED) is 0.521. The normalized spacial score (nSPS) is 10.4. The van der Waals surface area contributed by atoms with E-state index in [1.807, 2.05) is 0 Å². The van der Waals surface area contributed by atoms with Crippen LogP contribution in [-0.2, 0) is 0 Å². The van der Waals surface area contributed by atoms with Gasteiger partial charge in [-0.25, -0.2) is 5.43 Å². The number of nitro benzene ring substituents is 1. The number of benzene rings is 2. The summed E-state index contributed by atoms with van der Waals surface area (Å²) in [4.78, 5) is 22.1. The molecule has 0 aliphatic carbocycles. The highest BCUT2D eigenvalue weighted by Crippen LogP contribution is 2.16. The Kier molecular flexibility index (Phi) is 4.81. The molecule has 0 saturated heterocycles. The molecule has 0 aliphatic rings. The maximum absolute atomic E-state index is 12.0. The molecule has 7 nitrogen and oxygen atoms in total. The minimum atomic E-state index is -0.495. The number of nitro groups is 1. The summed E-state index contributed by atoms with van der Waals surface area (Å²) >= 11 is 0. The summed E-state index contributed by atoms with van der Waals surface area (Å²) in [5.41, 5.74) is 3.17. The summed E-state index contributed by atoms with van der Waals surface area (Å²) < 4.78 is 5.09. The van der Waals surface area contributed by atoms with E-state index >= 15 is 0 Å². The molecule has 0 fully saturated rings. The zero-order chi connectivity index (χ0) is 15.9. The van der Waals surface area contributed by atoms with Crippen LogP contribution in [0.4, 0.5) is 5.69 Å². The predicted octanol–water partition coefficient (Wildman–Crippen LogP) is 2.37. The van der Waals surface area contributed by atoms with Crippen LogP contribution < -0.4 is 10.2 Å². The topological polar surface area (TPSA) is 93.8 Å². The largest absolute Gasteiger partial charge is 0.496 e. The number of carbonyl (C=O) groups is 1. The Labute approximate surface area is 126 Å². The van der Waals surface area contributed by atoms with Crippen LogP contribution in [0.15, 0.2) is 53.6 Å². The molecule has 0 atom stereocenters. The highest BCUT2D eigenvalue weighted by atomic mass is 16.6. The van der Waals surface area contributed by atoms with Gasteiger partial charge in [0, 0.05) is 17.7 Å². The van der Waals surface area contributed by atoms with Crippen molar-refractivity contribution in [2.45, 2.75) is 0 Å². The van der Waals surface area contributed by atoms with E-state index in [1.54, 1.807) is 36.4 Å². The Morgan fingerprint density at radius 1 is 1.27 bits per heavy atom. The molecule has 0 spiro atoms. The van der Waals surface area contributed by atoms with E-state index in [9.17, 15) is 14.9 Å². The molecule has 0 bridgehead atoms. The second-order valence-electron chi connectivity index (χ2n) is 4.25. The van der Waals surface area contributed by atoms with Gasteiger partial charge in [0.15, 0.2) is 0 Å². The monoisotopic (exact) mass is 299 g/mol. The van der Waals surface area contributed by atoms with Gasteiger partial charge in [0.2, 0.25) is 0 Å². The van der Waals surface area contributed by atoms with Crippen molar-refractivity contribution in [2.24, 2.45) is 5.10 Å². The van der Waals surface area contributed by atoms with Gasteiger partial charge in [-0.05, 0) is 12.1 Å². The van der Waals surface area contributed by atoms with Gasteiger partial charge in [-0.1, -0.05) is 24.3 Å². The molecule has 0 radical (unpaired) electrons. The lowest BCUT2D eigenvalue weighted by Crippen LogP contribution is -2.18. The smallest absolute Gasteiger partial charge is 0.275 e. The number of non-ortho nitro benzene ring substituents is 1. The number of para-hydroxylation sites is 1. The zero-order valence-corrected chi connectivity index (χ0v) is 11.7. The third kappa shape index (κ3) is 3.66. The first-order chi connectivity index (χ1) is 10.6. The Balaban J connectivity index is 2.07. The molecule has 112 valence electrons. The van der Waals surface area contributed by atoms with Gasteiger partial charge in [-0.15, -0.1) is 0 Å². The number of nitrogens with one attached hydrogen (secondary N) is 1. The average Bonchev–Trinajstić information content (AvgIpc) is 2.55. The lowest BCUT2D eigenvalue weighted by atomic mass is 10.2. The molecule has 2 rings (SSSR count). The molecule has 0 heterocycles. The number of methoxy groups -OCH3 is 1. The average molecular weight is 299 g/mol. The second-order valence-corrected chi connectivity index (χ2v) is 4.25. The third-order valence-electron chi connectivity index (χ3n) is 2.81. The Morgan fingerprint density at radius 2 is 2.05 bits per heavy atom. The summed E-state index contributed by atoms with van der Waals surface area (Å²) in [5.74, 6) is 0.00433. The summed E-state index contributed by atoms with van der Waals surface area (Å²) in [6.45, 7) is 0. The molecule has 0 unspecified atom stereocenters. The van der Waals surface area contributed by atoms with Crippen LogP contribution in [0.2, 0.25) is 0 Å². The number of hydrogen-bond donors (Lipinski definition) is 1. The number of hydrogen-bond acceptors (Lipinski definition) is 5. The molecule has 2 aromatic carbocycles. The summed E-state index contributed by atoms with van der Waals surface area (Å²) in [6.07, 6.45) is 1.33. The molecule has 7 heteroatoms. The van der Waals surface area contributed by atoms with E-state index in [0.717, 1.165) is 0 Å². The number of nitrogens with zero attached hydrogens (tertiary/aromatic N) is 2. The molecule has 2 aromatic rings. The van der Waals surface area contributed by atoms with Crippen molar-refractivity contribution in [1.82, 2.24) is 5.43 Å². The Bertz CT molecular complexity index is 728. The minimum Gasteiger partial charge on any atom is -0.496 e. The fourth-order valence-electron chi connectivity index (χ4n) is 1.78. The summed E-state index contributed by atoms with van der Waals surface area (Å²) in [7, 11) is 1.47. The highest BCUT2D eigenvalue weighted by molar-refractivity contribution is 5.97. The van der Waals surface area contributed by atoms with E-state index in [1.165, 1.54) is 25.5 Å². The number of rotatable bonds is 5. The lowest BCUT2D eigenvalue weighted by molar-refractivity contribution is -0.384. The van der Waals surface area contributed by atoms with E-state index in [0.29, 0.717) is 16.9 Å². The van der Waals surface area contributed by atoms with Crippen LogP contribution in [0.5, 0.6) is 5.75 Å². The van der Waals surface area contributed by atoms with Crippen molar-refractivity contribution in [3.63, 3.8) is 0 Å². The summed E-state index contributed by atoms with van der Waals surface area (Å²) in [5, 5.41) is 14.5. The minimum absolute atomic E-state index is 0.0417. The molecule has 0 aromatic heterocycles. The van der Waals surface area contributed by atoms with Crippen LogP contribution in [0.3, 0.4) is 0 Å². The predicted molar refractivity (Wildman–Crippen MR) is 81.2 cm³/mol. The van der Waals surface area contributed by atoms with Gasteiger partial charge in [0.05, 0.1) is 23.8 Å². The fourth-order valence-corrected chi connectivity index (χ4v) is 1.78. The number of amides is 1. The zero-order valence-electron chi connectivity index (χ0n) is 11.7. The third-order valence-corrected chi connectivity index (χ3v) is 2.81. The van der Waals surface area contributed by atoms with Crippen molar-refractivity contribution >= 4 is 17.8 Å². The van der Waals surface area contributed by atoms with Gasteiger partial charge in [-0.2, -0.15) is 5.10 Å². The Morgan fingerprint density at radius 3 is 2.77 bits per heavy atom. The number of hydrazone groups is 1. The second kappa shape index (κ2) is 6.98. The van der Waals surface area contributed by atoms with Crippen LogP contribution in [0, 0.1) is 10.1 Å². The summed E-state index contributed by atoms with van der Waals surface area (Å²) in [6, 6.07) is 12.7. The van der Waals surface area contributed by atoms with Gasteiger partial charge in [0.1, 0.15) is 5.75 Å². The number of carbonyl (C=O) groups excluding carboxylic acids is 1. The first-order valence-corrected chi connectivity index (χ1v) is 6.32. The lowest BCUT2D eigenvalue weighted by Gasteiger charge is -2.05. The van der Waals surface area contributed by atoms with Crippen LogP contribution in [-0.4, -0.2) is 24.2 Å². The molecular weight excluding hydrogens is 286 g/mol. The van der Waals surface area contributed by atoms with E-state index in [4.69, 9.17) is 4.74 Å². The first-order valence-electron chi connectivity index (χ1n) is 6.32. The standard InChI is InChI=1S/C15H13N3O4/c1-22-14-8-3-2-7-13(14)15(19)17-16-10-11-5-4-6-12(9-11)18(20)21/h2-10H,1H3,(H,17,19)/b16-10+. The van der Waals surface area contributed by atoms with Crippen molar-refractivity contribution in [3.05, 3.63) is 69.8 Å². The Hall–Kier alpha value is -3.22. The van der Waals surface area contributed by atoms with Crippen molar-refractivity contribution < 1.29 is 14.5 Å². The van der Waals surface area contributed by atoms with Crippen LogP contribution in [0.25, 0.3) is 0 Å². The molecule has 22 heavy (non-hydrogen) atoms. The highest BCUT2D eigenvalue weighted by Gasteiger charge is 2.10.